The van der Waals surface area contributed by atoms with Crippen molar-refractivity contribution in [2.24, 2.45) is 5.10 Å². The first-order valence-electron chi connectivity index (χ1n) is 11.0. The lowest BCUT2D eigenvalue weighted by molar-refractivity contribution is -0.113. The predicted octanol–water partition coefficient (Wildman–Crippen LogP) is 3.54. The van der Waals surface area contributed by atoms with Crippen LogP contribution in [0.3, 0.4) is 0 Å². The lowest BCUT2D eigenvalue weighted by atomic mass is 9.99. The Morgan fingerprint density at radius 1 is 1.16 bits per heavy atom. The van der Waals surface area contributed by atoms with Crippen molar-refractivity contribution < 1.29 is 4.79 Å². The van der Waals surface area contributed by atoms with Gasteiger partial charge in [-0.2, -0.15) is 5.10 Å². The van der Waals surface area contributed by atoms with Crippen LogP contribution in [-0.4, -0.2) is 38.9 Å². The highest BCUT2D eigenvalue weighted by Gasteiger charge is 2.44. The van der Waals surface area contributed by atoms with Crippen LogP contribution >= 0.6 is 11.8 Å². The summed E-state index contributed by atoms with van der Waals surface area (Å²) in [5.74, 6) is 0.279. The summed E-state index contributed by atoms with van der Waals surface area (Å²) in [5.41, 5.74) is 11.5. The second-order valence-electron chi connectivity index (χ2n) is 8.36. The number of hydrazone groups is 1. The molecule has 0 radical (unpaired) electrons. The summed E-state index contributed by atoms with van der Waals surface area (Å²) in [5, 5.41) is 10.5. The fourth-order valence-corrected chi connectivity index (χ4v) is 5.09. The summed E-state index contributed by atoms with van der Waals surface area (Å²) in [4.78, 5) is 14.6. The second-order valence-corrected chi connectivity index (χ2v) is 9.31. The molecule has 7 nitrogen and oxygen atoms in total. The molecule has 3 N–H and O–H groups in total. The van der Waals surface area contributed by atoms with Crippen LogP contribution in [0.25, 0.3) is 0 Å². The number of rotatable bonds is 5. The molecule has 1 saturated heterocycles. The molecule has 3 aliphatic rings. The number of thioether (sulfide) groups is 1. The minimum absolute atomic E-state index is 0.0324. The molecule has 0 bridgehead atoms. The zero-order valence-corrected chi connectivity index (χ0v) is 19.1. The minimum Gasteiger partial charge on any atom is -0.325 e. The highest BCUT2D eigenvalue weighted by atomic mass is 32.2. The van der Waals surface area contributed by atoms with Crippen LogP contribution in [0.15, 0.2) is 66.0 Å². The molecule has 5 rings (SSSR count). The van der Waals surface area contributed by atoms with Crippen molar-refractivity contribution in [1.82, 2.24) is 20.8 Å². The van der Waals surface area contributed by atoms with Crippen molar-refractivity contribution in [3.8, 4) is 0 Å². The van der Waals surface area contributed by atoms with Crippen molar-refractivity contribution in [3.63, 3.8) is 0 Å². The van der Waals surface area contributed by atoms with E-state index in [0.29, 0.717) is 5.75 Å². The fraction of sp³-hybridized carbons (Fsp3) is 0.333. The molecule has 3 heterocycles. The van der Waals surface area contributed by atoms with Crippen LogP contribution in [0.2, 0.25) is 0 Å². The monoisotopic (exact) mass is 448 g/mol. The molecule has 166 valence electrons. The average Bonchev–Trinajstić information content (AvgIpc) is 3.42. The van der Waals surface area contributed by atoms with Crippen LogP contribution in [0.5, 0.6) is 0 Å². The van der Waals surface area contributed by atoms with Gasteiger partial charge in [-0.1, -0.05) is 60.6 Å². The Morgan fingerprint density at radius 2 is 1.94 bits per heavy atom. The van der Waals surface area contributed by atoms with E-state index in [0.717, 1.165) is 23.7 Å². The van der Waals surface area contributed by atoms with E-state index in [1.807, 2.05) is 30.5 Å². The van der Waals surface area contributed by atoms with Gasteiger partial charge in [-0.15, -0.1) is 0 Å². The predicted molar refractivity (Wildman–Crippen MR) is 130 cm³/mol. The first-order valence-corrected chi connectivity index (χ1v) is 12.0. The standard InChI is InChI=1S/C24H28N6OS/c1-3-17-6-10-19(11-7-17)25-22(31)15-32-24-27-26-23-21-14-20(18-8-4-16(2)5-9-18)28-30(21)13-12-29(23)24/h4-13,20-21,23,26,28H,3,14-15H2,1-2H3,(H,25,31). The van der Waals surface area contributed by atoms with Crippen LogP contribution in [-0.2, 0) is 11.2 Å². The number of aryl methyl sites for hydroxylation is 2. The first-order chi connectivity index (χ1) is 15.6. The number of hydrazine groups is 1. The van der Waals surface area contributed by atoms with E-state index in [4.69, 9.17) is 0 Å². The van der Waals surface area contributed by atoms with Crippen LogP contribution in [0, 0.1) is 6.92 Å². The molecule has 0 aliphatic carbocycles. The quantitative estimate of drug-likeness (QED) is 0.650. The second kappa shape index (κ2) is 8.88. The Kier molecular flexibility index (Phi) is 5.80. The maximum atomic E-state index is 12.4. The molecule has 1 fully saturated rings. The number of nitrogens with zero attached hydrogens (tertiary/aromatic N) is 3. The number of carbonyl (C=O) groups is 1. The Morgan fingerprint density at radius 3 is 2.69 bits per heavy atom. The summed E-state index contributed by atoms with van der Waals surface area (Å²) in [6.45, 7) is 4.23. The molecule has 32 heavy (non-hydrogen) atoms. The third-order valence-corrected chi connectivity index (χ3v) is 7.13. The van der Waals surface area contributed by atoms with E-state index < -0.39 is 0 Å². The molecule has 0 spiro atoms. The van der Waals surface area contributed by atoms with Crippen LogP contribution in [0.1, 0.15) is 36.1 Å². The number of anilines is 1. The number of fused-ring (bicyclic) bond motifs is 3. The van der Waals surface area contributed by atoms with Gasteiger partial charge in [0.25, 0.3) is 0 Å². The van der Waals surface area contributed by atoms with E-state index >= 15 is 0 Å². The Labute approximate surface area is 192 Å². The maximum absolute atomic E-state index is 12.4. The highest BCUT2D eigenvalue weighted by molar-refractivity contribution is 8.14. The third-order valence-electron chi connectivity index (χ3n) is 6.16. The number of hydrogen-bond donors (Lipinski definition) is 3. The van der Waals surface area contributed by atoms with Crippen molar-refractivity contribution >= 4 is 28.5 Å². The first kappa shape index (κ1) is 20.9. The molecule has 2 aromatic carbocycles. The SMILES string of the molecule is CCc1ccc(NC(=O)CSC2=NNC3C4CC(c5ccc(C)cc5)NN4C=CN23)cc1. The van der Waals surface area contributed by atoms with Gasteiger partial charge < -0.3 is 15.2 Å². The number of amides is 1. The van der Waals surface area contributed by atoms with Crippen molar-refractivity contribution in [2.75, 3.05) is 11.1 Å². The van der Waals surface area contributed by atoms with Gasteiger partial charge in [0.15, 0.2) is 5.17 Å². The zero-order valence-electron chi connectivity index (χ0n) is 18.3. The van der Waals surface area contributed by atoms with Gasteiger partial charge in [0.2, 0.25) is 5.91 Å². The number of amidine groups is 1. The summed E-state index contributed by atoms with van der Waals surface area (Å²) < 4.78 is 0. The zero-order chi connectivity index (χ0) is 22.1. The van der Waals surface area contributed by atoms with Crippen molar-refractivity contribution in [3.05, 3.63) is 77.6 Å². The van der Waals surface area contributed by atoms with Gasteiger partial charge in [0.05, 0.1) is 17.8 Å². The summed E-state index contributed by atoms with van der Waals surface area (Å²) in [7, 11) is 0. The van der Waals surface area contributed by atoms with Crippen molar-refractivity contribution in [2.45, 2.75) is 44.9 Å². The molecule has 3 aliphatic heterocycles. The summed E-state index contributed by atoms with van der Waals surface area (Å²) in [6.07, 6.45) is 6.10. The molecule has 8 heteroatoms. The number of nitrogens with one attached hydrogen (secondary N) is 3. The smallest absolute Gasteiger partial charge is 0.234 e. The largest absolute Gasteiger partial charge is 0.325 e. The molecule has 2 aromatic rings. The molecular weight excluding hydrogens is 420 g/mol. The van der Waals surface area contributed by atoms with E-state index in [-0.39, 0.29) is 24.2 Å². The van der Waals surface area contributed by atoms with Gasteiger partial charge >= 0.3 is 0 Å². The van der Waals surface area contributed by atoms with Crippen LogP contribution in [0.4, 0.5) is 5.69 Å². The average molecular weight is 449 g/mol. The fourth-order valence-electron chi connectivity index (χ4n) is 4.32. The normalized spacial score (nSPS) is 23.4. The number of hydrogen-bond acceptors (Lipinski definition) is 7. The molecular formula is C24H28N6OS. The van der Waals surface area contributed by atoms with Gasteiger partial charge in [-0.3, -0.25) is 10.2 Å². The minimum atomic E-state index is -0.0324. The van der Waals surface area contributed by atoms with Crippen LogP contribution < -0.4 is 16.2 Å². The maximum Gasteiger partial charge on any atom is 0.234 e. The molecule has 0 saturated carbocycles. The van der Waals surface area contributed by atoms with Gasteiger partial charge in [0, 0.05) is 18.1 Å². The van der Waals surface area contributed by atoms with Gasteiger partial charge in [-0.25, -0.2) is 5.43 Å². The van der Waals surface area contributed by atoms with E-state index in [1.54, 1.807) is 0 Å². The topological polar surface area (TPSA) is 72.0 Å². The van der Waals surface area contributed by atoms with E-state index in [2.05, 4.69) is 75.5 Å². The van der Waals surface area contributed by atoms with E-state index in [1.165, 1.54) is 28.5 Å². The lowest BCUT2D eigenvalue weighted by Crippen LogP contribution is -2.54. The Hall–Kier alpha value is -2.97. The number of carbonyl (C=O) groups excluding carboxylic acids is 1. The lowest BCUT2D eigenvalue weighted by Gasteiger charge is -2.36. The van der Waals surface area contributed by atoms with Gasteiger partial charge in [0.1, 0.15) is 6.17 Å². The van der Waals surface area contributed by atoms with Gasteiger partial charge in [-0.05, 0) is 43.0 Å². The summed E-state index contributed by atoms with van der Waals surface area (Å²) >= 11 is 1.45. The molecule has 3 unspecified atom stereocenters. The third kappa shape index (κ3) is 4.20. The van der Waals surface area contributed by atoms with Crippen molar-refractivity contribution in [1.29, 1.82) is 0 Å². The summed E-state index contributed by atoms with van der Waals surface area (Å²) in [6, 6.07) is 17.2. The molecule has 1 amide bonds. The molecule has 0 aromatic heterocycles. The highest BCUT2D eigenvalue weighted by Crippen LogP contribution is 2.35. The Bertz CT molecular complexity index is 1040. The number of benzene rings is 2. The Balaban J connectivity index is 1.16. The molecule has 3 atom stereocenters. The van der Waals surface area contributed by atoms with E-state index in [9.17, 15) is 4.79 Å².